The average molecular weight is 350 g/mol. The molecule has 1 aromatic rings. The van der Waals surface area contributed by atoms with Crippen LogP contribution < -0.4 is 10.6 Å². The summed E-state index contributed by atoms with van der Waals surface area (Å²) in [6.45, 7) is 5.32. The molecule has 132 valence electrons. The standard InChI is InChI=1S/C18H27N3O2S/c22-17(9-15-11-20-6-7-23-15)21(12-14-1-8-24-13-14)16-10-18(16)2-4-19-5-3-18/h1,8,13,15-16,19-20H,2-7,9-12H2/t15-,16-/m0/s1. The number of thiophene rings is 1. The van der Waals surface area contributed by atoms with Crippen LogP contribution >= 0.6 is 11.3 Å². The van der Waals surface area contributed by atoms with Crippen LogP contribution in [0.3, 0.4) is 0 Å². The third-order valence-corrected chi connectivity index (χ3v) is 6.51. The van der Waals surface area contributed by atoms with Crippen molar-refractivity contribution in [3.8, 4) is 0 Å². The SMILES string of the molecule is O=C(C[C@H]1CNCCO1)N(Cc1ccsc1)[C@H]1CC12CCNCC2. The second-order valence-electron chi connectivity index (χ2n) is 7.39. The molecule has 0 bridgehead atoms. The normalized spacial score (nSPS) is 28.7. The van der Waals surface area contributed by atoms with Crippen LogP contribution in [0.5, 0.6) is 0 Å². The Morgan fingerprint density at radius 2 is 2.21 bits per heavy atom. The number of carbonyl (C=O) groups is 1. The molecule has 24 heavy (non-hydrogen) atoms. The summed E-state index contributed by atoms with van der Waals surface area (Å²) in [6.07, 6.45) is 4.11. The minimum Gasteiger partial charge on any atom is -0.375 e. The molecule has 2 atom stereocenters. The van der Waals surface area contributed by atoms with E-state index in [1.165, 1.54) is 24.8 Å². The van der Waals surface area contributed by atoms with Gasteiger partial charge in [0, 0.05) is 25.7 Å². The van der Waals surface area contributed by atoms with E-state index in [0.717, 1.165) is 32.7 Å². The van der Waals surface area contributed by atoms with Crippen molar-refractivity contribution in [2.24, 2.45) is 5.41 Å². The molecular formula is C18H27N3O2S. The molecule has 2 saturated heterocycles. The van der Waals surface area contributed by atoms with Gasteiger partial charge in [-0.15, -0.1) is 0 Å². The van der Waals surface area contributed by atoms with Gasteiger partial charge < -0.3 is 20.3 Å². The molecule has 6 heteroatoms. The maximum atomic E-state index is 13.1. The van der Waals surface area contributed by atoms with Gasteiger partial charge in [-0.25, -0.2) is 0 Å². The molecule has 3 heterocycles. The highest BCUT2D eigenvalue weighted by Gasteiger charge is 2.57. The molecule has 1 aromatic heterocycles. The van der Waals surface area contributed by atoms with Crippen LogP contribution in [0.15, 0.2) is 16.8 Å². The molecule has 5 nitrogen and oxygen atoms in total. The van der Waals surface area contributed by atoms with E-state index in [9.17, 15) is 4.79 Å². The number of rotatable bonds is 5. The summed E-state index contributed by atoms with van der Waals surface area (Å²) in [6, 6.07) is 2.56. The van der Waals surface area contributed by atoms with Crippen LogP contribution in [0.2, 0.25) is 0 Å². The monoisotopic (exact) mass is 349 g/mol. The van der Waals surface area contributed by atoms with Gasteiger partial charge in [-0.05, 0) is 60.2 Å². The Bertz CT molecular complexity index is 551. The van der Waals surface area contributed by atoms with E-state index in [4.69, 9.17) is 4.74 Å². The van der Waals surface area contributed by atoms with Crippen molar-refractivity contribution in [2.45, 2.75) is 44.4 Å². The van der Waals surface area contributed by atoms with E-state index in [2.05, 4.69) is 32.4 Å². The topological polar surface area (TPSA) is 53.6 Å². The Morgan fingerprint density at radius 3 is 2.92 bits per heavy atom. The van der Waals surface area contributed by atoms with Gasteiger partial charge in [-0.3, -0.25) is 4.79 Å². The maximum absolute atomic E-state index is 13.1. The van der Waals surface area contributed by atoms with E-state index >= 15 is 0 Å². The summed E-state index contributed by atoms with van der Waals surface area (Å²) < 4.78 is 5.75. The fourth-order valence-corrected chi connectivity index (χ4v) is 4.90. The first kappa shape index (κ1) is 16.5. The molecule has 1 saturated carbocycles. The summed E-state index contributed by atoms with van der Waals surface area (Å²) in [7, 11) is 0. The van der Waals surface area contributed by atoms with Gasteiger partial charge in [0.1, 0.15) is 0 Å². The third kappa shape index (κ3) is 3.52. The number of nitrogens with one attached hydrogen (secondary N) is 2. The van der Waals surface area contributed by atoms with Crippen molar-refractivity contribution in [1.82, 2.24) is 15.5 Å². The van der Waals surface area contributed by atoms with Crippen LogP contribution in [-0.4, -0.2) is 55.7 Å². The fourth-order valence-electron chi connectivity index (χ4n) is 4.24. The predicted octanol–water partition coefficient (Wildman–Crippen LogP) is 1.60. The Labute approximate surface area is 147 Å². The molecule has 3 fully saturated rings. The summed E-state index contributed by atoms with van der Waals surface area (Å²) >= 11 is 1.71. The number of carbonyl (C=O) groups excluding carboxylic acids is 1. The van der Waals surface area contributed by atoms with Crippen molar-refractivity contribution in [3.05, 3.63) is 22.4 Å². The molecule has 1 amide bonds. The number of hydrogen-bond acceptors (Lipinski definition) is 5. The van der Waals surface area contributed by atoms with Crippen molar-refractivity contribution in [1.29, 1.82) is 0 Å². The predicted molar refractivity (Wildman–Crippen MR) is 95.0 cm³/mol. The van der Waals surface area contributed by atoms with Crippen LogP contribution in [0.25, 0.3) is 0 Å². The highest BCUT2D eigenvalue weighted by molar-refractivity contribution is 7.07. The molecule has 0 aromatic carbocycles. The van der Waals surface area contributed by atoms with Crippen molar-refractivity contribution >= 4 is 17.2 Å². The molecular weight excluding hydrogens is 322 g/mol. The van der Waals surface area contributed by atoms with Gasteiger partial charge in [0.05, 0.1) is 19.1 Å². The lowest BCUT2D eigenvalue weighted by atomic mass is 9.93. The van der Waals surface area contributed by atoms with Crippen molar-refractivity contribution in [2.75, 3.05) is 32.8 Å². The molecule has 1 spiro atoms. The molecule has 4 rings (SSSR count). The Hall–Kier alpha value is -0.950. The lowest BCUT2D eigenvalue weighted by Crippen LogP contribution is -2.44. The Kier molecular flexibility index (Phi) is 4.90. The lowest BCUT2D eigenvalue weighted by molar-refractivity contribution is -0.136. The first-order valence-electron chi connectivity index (χ1n) is 9.10. The van der Waals surface area contributed by atoms with Crippen LogP contribution in [0, 0.1) is 5.41 Å². The molecule has 1 aliphatic carbocycles. The Balaban J connectivity index is 1.44. The zero-order valence-electron chi connectivity index (χ0n) is 14.1. The number of nitrogens with zero attached hydrogens (tertiary/aromatic N) is 1. The van der Waals surface area contributed by atoms with Crippen molar-refractivity contribution < 1.29 is 9.53 Å². The highest BCUT2D eigenvalue weighted by atomic mass is 32.1. The van der Waals surface area contributed by atoms with Gasteiger partial charge in [-0.2, -0.15) is 11.3 Å². The summed E-state index contributed by atoms with van der Waals surface area (Å²) in [5, 5.41) is 11.0. The molecule has 0 radical (unpaired) electrons. The number of hydrogen-bond donors (Lipinski definition) is 2. The largest absolute Gasteiger partial charge is 0.375 e. The Morgan fingerprint density at radius 1 is 1.33 bits per heavy atom. The number of ether oxygens (including phenoxy) is 1. The van der Waals surface area contributed by atoms with E-state index in [1.54, 1.807) is 11.3 Å². The fraction of sp³-hybridized carbons (Fsp3) is 0.722. The summed E-state index contributed by atoms with van der Waals surface area (Å²) in [4.78, 5) is 15.2. The van der Waals surface area contributed by atoms with Crippen LogP contribution in [-0.2, 0) is 16.1 Å². The third-order valence-electron chi connectivity index (χ3n) is 5.78. The molecule has 2 N–H and O–H groups in total. The first-order chi connectivity index (χ1) is 11.8. The van der Waals surface area contributed by atoms with Gasteiger partial charge in [0.15, 0.2) is 0 Å². The molecule has 0 unspecified atom stereocenters. The second kappa shape index (κ2) is 7.12. The molecule has 2 aliphatic heterocycles. The summed E-state index contributed by atoms with van der Waals surface area (Å²) in [5.41, 5.74) is 1.63. The minimum atomic E-state index is 0.0268. The highest BCUT2D eigenvalue weighted by Crippen LogP contribution is 2.56. The zero-order valence-corrected chi connectivity index (χ0v) is 14.9. The number of piperidine rings is 1. The van der Waals surface area contributed by atoms with E-state index in [0.29, 0.717) is 24.5 Å². The van der Waals surface area contributed by atoms with Gasteiger partial charge in [0.25, 0.3) is 0 Å². The maximum Gasteiger partial charge on any atom is 0.225 e. The van der Waals surface area contributed by atoms with Gasteiger partial charge in [-0.1, -0.05) is 0 Å². The van der Waals surface area contributed by atoms with Gasteiger partial charge in [0.2, 0.25) is 5.91 Å². The number of morpholine rings is 1. The van der Waals surface area contributed by atoms with Gasteiger partial charge >= 0.3 is 0 Å². The van der Waals surface area contributed by atoms with E-state index < -0.39 is 0 Å². The smallest absolute Gasteiger partial charge is 0.225 e. The zero-order chi connectivity index (χ0) is 16.4. The van der Waals surface area contributed by atoms with Crippen LogP contribution in [0.1, 0.15) is 31.2 Å². The van der Waals surface area contributed by atoms with E-state index in [-0.39, 0.29) is 12.0 Å². The molecule has 3 aliphatic rings. The number of amides is 1. The minimum absolute atomic E-state index is 0.0268. The lowest BCUT2D eigenvalue weighted by Gasteiger charge is -2.31. The summed E-state index contributed by atoms with van der Waals surface area (Å²) in [5.74, 6) is 0.260. The van der Waals surface area contributed by atoms with Crippen LogP contribution in [0.4, 0.5) is 0 Å². The average Bonchev–Trinajstić information content (AvgIpc) is 3.05. The second-order valence-corrected chi connectivity index (χ2v) is 8.17. The first-order valence-corrected chi connectivity index (χ1v) is 10.0. The quantitative estimate of drug-likeness (QED) is 0.848. The van der Waals surface area contributed by atoms with E-state index in [1.807, 2.05) is 0 Å². The van der Waals surface area contributed by atoms with Crippen molar-refractivity contribution in [3.63, 3.8) is 0 Å².